The molecule has 4 nitrogen and oxygen atoms in total. The Bertz CT molecular complexity index is 536. The Kier molecular flexibility index (Phi) is 8.96. The number of terminal acetylenes is 1. The van der Waals surface area contributed by atoms with Gasteiger partial charge in [-0.05, 0) is 46.5 Å². The minimum Gasteiger partial charge on any atom is -0.463 e. The molecule has 0 saturated carbocycles. The molecule has 0 fully saturated rings. The van der Waals surface area contributed by atoms with Gasteiger partial charge in [0.2, 0.25) is 0 Å². The molecule has 0 aliphatic carbocycles. The Balaban J connectivity index is 3.11. The van der Waals surface area contributed by atoms with Gasteiger partial charge >= 0.3 is 5.97 Å². The second kappa shape index (κ2) is 10.7. The molecule has 0 aromatic rings. The highest BCUT2D eigenvalue weighted by Gasteiger charge is 2.31. The summed E-state index contributed by atoms with van der Waals surface area (Å²) in [6, 6.07) is 0. The van der Waals surface area contributed by atoms with Crippen LogP contribution in [-0.2, 0) is 14.3 Å². The maximum absolute atomic E-state index is 12.3. The zero-order valence-electron chi connectivity index (χ0n) is 15.1. The van der Waals surface area contributed by atoms with Crippen molar-refractivity contribution in [1.29, 1.82) is 0 Å². The Labute approximate surface area is 146 Å². The third-order valence-electron chi connectivity index (χ3n) is 3.81. The van der Waals surface area contributed by atoms with Crippen LogP contribution in [0.2, 0.25) is 0 Å². The van der Waals surface area contributed by atoms with Crippen LogP contribution < -0.4 is 0 Å². The zero-order valence-corrected chi connectivity index (χ0v) is 15.1. The number of carbonyl (C=O) groups excluding carboxylic acids is 1. The number of esters is 1. The number of ether oxygens (including phenoxy) is 2. The fraction of sp³-hybridized carbons (Fsp3) is 0.550. The summed E-state index contributed by atoms with van der Waals surface area (Å²) >= 11 is 0. The SMILES string of the molecule is C#CCN1C(CCC=C(C)C)=C(C(=O)OCC)CCC1OCC=C. The molecule has 0 N–H and O–H groups in total. The van der Waals surface area contributed by atoms with Crippen molar-refractivity contribution in [3.05, 3.63) is 35.6 Å². The topological polar surface area (TPSA) is 38.8 Å². The summed E-state index contributed by atoms with van der Waals surface area (Å²) in [7, 11) is 0. The summed E-state index contributed by atoms with van der Waals surface area (Å²) in [5, 5.41) is 0. The van der Waals surface area contributed by atoms with Crippen LogP contribution in [0.5, 0.6) is 0 Å². The lowest BCUT2D eigenvalue weighted by Gasteiger charge is -2.38. The van der Waals surface area contributed by atoms with E-state index in [1.54, 1.807) is 6.08 Å². The number of hydrogen-bond acceptors (Lipinski definition) is 4. The molecule has 132 valence electrons. The third kappa shape index (κ3) is 5.90. The largest absolute Gasteiger partial charge is 0.463 e. The van der Waals surface area contributed by atoms with Crippen molar-refractivity contribution < 1.29 is 14.3 Å². The summed E-state index contributed by atoms with van der Waals surface area (Å²) in [5.74, 6) is 2.44. The summed E-state index contributed by atoms with van der Waals surface area (Å²) in [5.41, 5.74) is 2.93. The zero-order chi connectivity index (χ0) is 17.9. The first-order valence-corrected chi connectivity index (χ1v) is 8.50. The van der Waals surface area contributed by atoms with Crippen molar-refractivity contribution in [3.63, 3.8) is 0 Å². The first kappa shape index (κ1) is 20.1. The van der Waals surface area contributed by atoms with Gasteiger partial charge in [-0.2, -0.15) is 0 Å². The van der Waals surface area contributed by atoms with E-state index < -0.39 is 0 Å². The molecule has 4 heteroatoms. The Hall–Kier alpha value is -1.99. The first-order chi connectivity index (χ1) is 11.5. The fourth-order valence-electron chi connectivity index (χ4n) is 2.79. The Morgan fingerprint density at radius 1 is 1.50 bits per heavy atom. The van der Waals surface area contributed by atoms with E-state index in [9.17, 15) is 4.79 Å². The fourth-order valence-corrected chi connectivity index (χ4v) is 2.79. The molecule has 0 aromatic heterocycles. The van der Waals surface area contributed by atoms with Gasteiger partial charge in [-0.3, -0.25) is 0 Å². The van der Waals surface area contributed by atoms with Crippen molar-refractivity contribution >= 4 is 5.97 Å². The molecule has 0 amide bonds. The lowest BCUT2D eigenvalue weighted by Crippen LogP contribution is -2.41. The van der Waals surface area contributed by atoms with E-state index in [1.165, 1.54) is 5.57 Å². The van der Waals surface area contributed by atoms with Crippen molar-refractivity contribution in [3.8, 4) is 12.3 Å². The average molecular weight is 331 g/mol. The van der Waals surface area contributed by atoms with Crippen LogP contribution in [0.15, 0.2) is 35.6 Å². The van der Waals surface area contributed by atoms with E-state index in [2.05, 4.69) is 32.4 Å². The third-order valence-corrected chi connectivity index (χ3v) is 3.81. The van der Waals surface area contributed by atoms with Crippen LogP contribution in [-0.4, -0.2) is 36.9 Å². The predicted molar refractivity (Wildman–Crippen MR) is 97.0 cm³/mol. The summed E-state index contributed by atoms with van der Waals surface area (Å²) in [4.78, 5) is 14.4. The van der Waals surface area contributed by atoms with Crippen LogP contribution in [0.25, 0.3) is 0 Å². The molecule has 1 unspecified atom stereocenters. The highest BCUT2D eigenvalue weighted by molar-refractivity contribution is 5.89. The van der Waals surface area contributed by atoms with Crippen LogP contribution in [0.3, 0.4) is 0 Å². The van der Waals surface area contributed by atoms with E-state index >= 15 is 0 Å². The quantitative estimate of drug-likeness (QED) is 0.366. The van der Waals surface area contributed by atoms with Crippen LogP contribution in [0.1, 0.15) is 46.5 Å². The van der Waals surface area contributed by atoms with Crippen molar-refractivity contribution in [2.45, 2.75) is 52.7 Å². The van der Waals surface area contributed by atoms with Crippen LogP contribution >= 0.6 is 0 Å². The van der Waals surface area contributed by atoms with E-state index in [1.807, 2.05) is 11.8 Å². The number of hydrogen-bond donors (Lipinski definition) is 0. The van der Waals surface area contributed by atoms with Gasteiger partial charge in [0.25, 0.3) is 0 Å². The van der Waals surface area contributed by atoms with Crippen LogP contribution in [0, 0.1) is 12.3 Å². The molecule has 1 rings (SSSR count). The smallest absolute Gasteiger partial charge is 0.335 e. The highest BCUT2D eigenvalue weighted by atomic mass is 16.5. The first-order valence-electron chi connectivity index (χ1n) is 8.50. The minimum atomic E-state index is -0.242. The average Bonchev–Trinajstić information content (AvgIpc) is 2.54. The van der Waals surface area contributed by atoms with E-state index in [4.69, 9.17) is 15.9 Å². The maximum Gasteiger partial charge on any atom is 0.335 e. The molecule has 1 aliphatic rings. The van der Waals surface area contributed by atoms with E-state index in [0.717, 1.165) is 30.5 Å². The number of nitrogens with zero attached hydrogens (tertiary/aromatic N) is 1. The molecular weight excluding hydrogens is 302 g/mol. The highest BCUT2D eigenvalue weighted by Crippen LogP contribution is 2.31. The summed E-state index contributed by atoms with van der Waals surface area (Å²) in [6.45, 7) is 10.9. The number of carbonyl (C=O) groups is 1. The van der Waals surface area contributed by atoms with Gasteiger partial charge in [-0.15, -0.1) is 13.0 Å². The van der Waals surface area contributed by atoms with Gasteiger partial charge in [-0.25, -0.2) is 4.79 Å². The molecule has 1 atom stereocenters. The van der Waals surface area contributed by atoms with Gasteiger partial charge in [0.1, 0.15) is 6.23 Å². The molecule has 0 aromatic carbocycles. The van der Waals surface area contributed by atoms with Crippen molar-refractivity contribution in [2.24, 2.45) is 0 Å². The number of rotatable bonds is 9. The van der Waals surface area contributed by atoms with E-state index in [-0.39, 0.29) is 12.2 Å². The standard InChI is InChI=1S/C20H29NO3/c1-6-14-21-18(11-9-10-16(4)5)17(20(22)23-8-3)12-13-19(21)24-15-7-2/h1,7,10,19H,2,8-9,11-15H2,3-5H3. The van der Waals surface area contributed by atoms with Gasteiger partial charge in [0.05, 0.1) is 25.3 Å². The van der Waals surface area contributed by atoms with E-state index in [0.29, 0.717) is 26.2 Å². The molecular formula is C20H29NO3. The normalized spacial score (nSPS) is 17.2. The second-order valence-electron chi connectivity index (χ2n) is 5.91. The molecule has 0 radical (unpaired) electrons. The number of allylic oxidation sites excluding steroid dienone is 3. The lowest BCUT2D eigenvalue weighted by atomic mass is 9.97. The van der Waals surface area contributed by atoms with Crippen LogP contribution in [0.4, 0.5) is 0 Å². The molecule has 0 spiro atoms. The van der Waals surface area contributed by atoms with Gasteiger partial charge in [0.15, 0.2) is 0 Å². The van der Waals surface area contributed by atoms with Crippen molar-refractivity contribution in [1.82, 2.24) is 4.90 Å². The van der Waals surface area contributed by atoms with Gasteiger partial charge < -0.3 is 14.4 Å². The summed E-state index contributed by atoms with van der Waals surface area (Å²) < 4.78 is 11.1. The van der Waals surface area contributed by atoms with Gasteiger partial charge in [0, 0.05) is 5.70 Å². The monoisotopic (exact) mass is 331 g/mol. The maximum atomic E-state index is 12.3. The predicted octanol–water partition coefficient (Wildman–Crippen LogP) is 3.81. The van der Waals surface area contributed by atoms with Gasteiger partial charge in [-0.1, -0.05) is 23.6 Å². The second-order valence-corrected chi connectivity index (χ2v) is 5.91. The Morgan fingerprint density at radius 3 is 2.83 bits per heavy atom. The molecule has 1 heterocycles. The molecule has 1 aliphatic heterocycles. The molecule has 0 saturated heterocycles. The lowest BCUT2D eigenvalue weighted by molar-refractivity contribution is -0.139. The Morgan fingerprint density at radius 2 is 2.25 bits per heavy atom. The molecule has 0 bridgehead atoms. The minimum absolute atomic E-state index is 0.126. The molecule has 24 heavy (non-hydrogen) atoms. The summed E-state index contributed by atoms with van der Waals surface area (Å²) in [6.07, 6.45) is 12.3. The van der Waals surface area contributed by atoms with Crippen molar-refractivity contribution in [2.75, 3.05) is 19.8 Å².